The van der Waals surface area contributed by atoms with Gasteiger partial charge in [-0.05, 0) is 60.7 Å². The van der Waals surface area contributed by atoms with Crippen molar-refractivity contribution in [3.05, 3.63) is 193 Å². The molecule has 0 radical (unpaired) electrons. The highest BCUT2D eigenvalue weighted by atomic mass is 15.0. The van der Waals surface area contributed by atoms with Gasteiger partial charge in [0.2, 0.25) is 0 Å². The third-order valence-electron chi connectivity index (χ3n) is 11.1. The maximum atomic E-state index is 10.8. The molecule has 0 amide bonds. The quantitative estimate of drug-likeness (QED) is 0.169. The molecule has 8 aromatic carbocycles. The number of benzene rings is 8. The SMILES string of the molecule is [C-]#[N+]c1ccc2c3ccccc3n(-c3cccc(C#N)c3-c3ccccc3-n3c4ccccc4c4c(-n5c6ccccc6c6ccccc65)cccc43)c2c1. The molecule has 0 aliphatic rings. The Morgan fingerprint density at radius 3 is 1.55 bits per heavy atom. The number of fused-ring (bicyclic) bond motifs is 9. The van der Waals surface area contributed by atoms with Crippen molar-refractivity contribution in [2.24, 2.45) is 0 Å². The van der Waals surface area contributed by atoms with Gasteiger partial charge in [0.05, 0.1) is 62.9 Å². The van der Waals surface area contributed by atoms with E-state index in [0.717, 1.165) is 82.8 Å². The minimum absolute atomic E-state index is 0.569. The van der Waals surface area contributed by atoms with Gasteiger partial charge in [0, 0.05) is 49.0 Å². The maximum absolute atomic E-state index is 10.8. The van der Waals surface area contributed by atoms with E-state index in [-0.39, 0.29) is 0 Å². The van der Waals surface area contributed by atoms with Gasteiger partial charge in [0.1, 0.15) is 0 Å². The van der Waals surface area contributed by atoms with Crippen LogP contribution in [0.15, 0.2) is 176 Å². The lowest BCUT2D eigenvalue weighted by Gasteiger charge is -2.19. The second-order valence-corrected chi connectivity index (χ2v) is 13.9. The monoisotopic (exact) mass is 699 g/mol. The standard InChI is InChI=1S/C50H29N5/c1-52-33-28-29-37-36-17-4-9-22-42(36)55(48(37)30-33)45-25-12-14-32(31-51)49(45)38-18-5-10-23-43(38)54-44-24-11-6-19-39(44)50-46(26-13-27-47(50)54)53-40-20-7-2-15-34(40)35-16-3-8-21-41(35)53/h2-30H. The van der Waals surface area contributed by atoms with Crippen LogP contribution in [0.25, 0.3) is 98.5 Å². The summed E-state index contributed by atoms with van der Waals surface area (Å²) in [5.74, 6) is 0. The average molecular weight is 700 g/mol. The lowest BCUT2D eigenvalue weighted by molar-refractivity contribution is 1.15. The topological polar surface area (TPSA) is 42.9 Å². The smallest absolute Gasteiger partial charge is 0.189 e. The van der Waals surface area contributed by atoms with Crippen molar-refractivity contribution in [2.45, 2.75) is 0 Å². The van der Waals surface area contributed by atoms with Gasteiger partial charge in [-0.3, -0.25) is 0 Å². The summed E-state index contributed by atoms with van der Waals surface area (Å²) >= 11 is 0. The normalized spacial score (nSPS) is 11.6. The van der Waals surface area contributed by atoms with Gasteiger partial charge in [-0.15, -0.1) is 0 Å². The third kappa shape index (κ3) is 4.33. The molecule has 3 heterocycles. The number of nitrogens with zero attached hydrogens (tertiary/aromatic N) is 5. The Balaban J connectivity index is 1.24. The Morgan fingerprint density at radius 2 is 0.891 bits per heavy atom. The summed E-state index contributed by atoms with van der Waals surface area (Å²) in [6, 6.07) is 63.6. The fraction of sp³-hybridized carbons (Fsp3) is 0. The molecular formula is C50H29N5. The lowest BCUT2D eigenvalue weighted by Crippen LogP contribution is -2.03. The number of rotatable bonds is 4. The van der Waals surface area contributed by atoms with Crippen LogP contribution >= 0.6 is 0 Å². The van der Waals surface area contributed by atoms with E-state index in [0.29, 0.717) is 11.3 Å². The molecule has 0 fully saturated rings. The van der Waals surface area contributed by atoms with Crippen LogP contribution in [0.4, 0.5) is 5.69 Å². The zero-order chi connectivity index (χ0) is 36.6. The molecular weight excluding hydrogens is 671 g/mol. The highest BCUT2D eigenvalue weighted by Gasteiger charge is 2.24. The summed E-state index contributed by atoms with van der Waals surface area (Å²) in [5, 5.41) is 17.7. The molecule has 0 aliphatic carbocycles. The molecule has 254 valence electrons. The van der Waals surface area contributed by atoms with Crippen LogP contribution < -0.4 is 0 Å². The molecule has 5 heteroatoms. The fourth-order valence-electron chi connectivity index (χ4n) is 8.90. The van der Waals surface area contributed by atoms with E-state index >= 15 is 0 Å². The molecule has 0 aliphatic heterocycles. The second kappa shape index (κ2) is 11.8. The van der Waals surface area contributed by atoms with E-state index < -0.39 is 0 Å². The van der Waals surface area contributed by atoms with E-state index in [2.05, 4.69) is 158 Å². The molecule has 0 N–H and O–H groups in total. The Kier molecular flexibility index (Phi) is 6.61. The van der Waals surface area contributed by atoms with Crippen LogP contribution in [-0.4, -0.2) is 13.7 Å². The Bertz CT molecular complexity index is 3420. The lowest BCUT2D eigenvalue weighted by atomic mass is 9.96. The molecule has 0 atom stereocenters. The molecule has 0 bridgehead atoms. The minimum atomic E-state index is 0.569. The molecule has 11 rings (SSSR count). The van der Waals surface area contributed by atoms with Crippen LogP contribution in [-0.2, 0) is 0 Å². The summed E-state index contributed by atoms with van der Waals surface area (Å²) in [6.45, 7) is 7.82. The third-order valence-corrected chi connectivity index (χ3v) is 11.1. The van der Waals surface area contributed by atoms with Gasteiger partial charge >= 0.3 is 0 Å². The summed E-state index contributed by atoms with van der Waals surface area (Å²) in [7, 11) is 0. The Labute approximate surface area is 316 Å². The van der Waals surface area contributed by atoms with Gasteiger partial charge in [0.25, 0.3) is 0 Å². The molecule has 0 saturated carbocycles. The number of nitriles is 1. The van der Waals surface area contributed by atoms with Crippen LogP contribution in [0.1, 0.15) is 5.56 Å². The van der Waals surface area contributed by atoms with Crippen LogP contribution in [0.2, 0.25) is 0 Å². The van der Waals surface area contributed by atoms with Crippen molar-refractivity contribution in [3.63, 3.8) is 0 Å². The van der Waals surface area contributed by atoms with Crippen LogP contribution in [0.5, 0.6) is 0 Å². The van der Waals surface area contributed by atoms with Gasteiger partial charge in [-0.25, -0.2) is 4.85 Å². The molecule has 0 spiro atoms. The maximum Gasteiger partial charge on any atom is 0.189 e. The molecule has 0 saturated heterocycles. The van der Waals surface area contributed by atoms with Crippen molar-refractivity contribution < 1.29 is 0 Å². The average Bonchev–Trinajstić information content (AvgIpc) is 3.89. The first-order valence-corrected chi connectivity index (χ1v) is 18.3. The van der Waals surface area contributed by atoms with E-state index in [1.807, 2.05) is 42.5 Å². The van der Waals surface area contributed by atoms with Crippen molar-refractivity contribution in [3.8, 4) is 34.3 Å². The van der Waals surface area contributed by atoms with Gasteiger partial charge in [0.15, 0.2) is 5.69 Å². The largest absolute Gasteiger partial charge is 0.310 e. The molecule has 3 aromatic heterocycles. The van der Waals surface area contributed by atoms with E-state index in [1.54, 1.807) is 0 Å². The van der Waals surface area contributed by atoms with Crippen LogP contribution in [0.3, 0.4) is 0 Å². The van der Waals surface area contributed by atoms with Crippen molar-refractivity contribution >= 4 is 71.1 Å². The first kappa shape index (κ1) is 30.7. The highest BCUT2D eigenvalue weighted by Crippen LogP contribution is 2.44. The Hall–Kier alpha value is -7.86. The van der Waals surface area contributed by atoms with Gasteiger partial charge < -0.3 is 13.7 Å². The van der Waals surface area contributed by atoms with Gasteiger partial charge in [-0.2, -0.15) is 5.26 Å². The summed E-state index contributed by atoms with van der Waals surface area (Å²) in [5.41, 5.74) is 12.3. The second-order valence-electron chi connectivity index (χ2n) is 13.9. The zero-order valence-electron chi connectivity index (χ0n) is 29.5. The number of aromatic nitrogens is 3. The fourth-order valence-corrected chi connectivity index (χ4v) is 8.90. The molecule has 55 heavy (non-hydrogen) atoms. The first-order valence-electron chi connectivity index (χ1n) is 18.3. The summed E-state index contributed by atoms with van der Waals surface area (Å²) in [6.07, 6.45) is 0. The van der Waals surface area contributed by atoms with Crippen molar-refractivity contribution in [1.82, 2.24) is 13.7 Å². The summed E-state index contributed by atoms with van der Waals surface area (Å²) < 4.78 is 6.98. The Morgan fingerprint density at radius 1 is 0.418 bits per heavy atom. The van der Waals surface area contributed by atoms with Crippen molar-refractivity contribution in [1.29, 1.82) is 5.26 Å². The highest BCUT2D eigenvalue weighted by molar-refractivity contribution is 6.17. The first-order chi connectivity index (χ1) is 27.2. The predicted octanol–water partition coefficient (Wildman–Crippen LogP) is 13.1. The minimum Gasteiger partial charge on any atom is -0.310 e. The number of para-hydroxylation sites is 5. The number of hydrogen-bond donors (Lipinski definition) is 0. The van der Waals surface area contributed by atoms with E-state index in [4.69, 9.17) is 6.57 Å². The predicted molar refractivity (Wildman–Crippen MR) is 226 cm³/mol. The van der Waals surface area contributed by atoms with Gasteiger partial charge in [-0.1, -0.05) is 115 Å². The van der Waals surface area contributed by atoms with Crippen molar-refractivity contribution in [2.75, 3.05) is 0 Å². The van der Waals surface area contributed by atoms with Crippen LogP contribution in [0, 0.1) is 17.9 Å². The van der Waals surface area contributed by atoms with E-state index in [1.165, 1.54) is 10.8 Å². The number of hydrogen-bond acceptors (Lipinski definition) is 1. The van der Waals surface area contributed by atoms with E-state index in [9.17, 15) is 5.26 Å². The zero-order valence-corrected chi connectivity index (χ0v) is 29.5. The summed E-state index contributed by atoms with van der Waals surface area (Å²) in [4.78, 5) is 3.78. The molecule has 11 aromatic rings. The molecule has 0 unspecified atom stereocenters. The molecule has 5 nitrogen and oxygen atoms in total.